The summed E-state index contributed by atoms with van der Waals surface area (Å²) in [7, 11) is -3.81. The van der Waals surface area contributed by atoms with Crippen molar-refractivity contribution in [3.63, 3.8) is 0 Å². The number of sulfonamides is 1. The lowest BCUT2D eigenvalue weighted by atomic mass is 10.2. The minimum absolute atomic E-state index is 0.0332. The number of nitrogens with one attached hydrogen (secondary N) is 2. The van der Waals surface area contributed by atoms with Crippen LogP contribution in [0, 0.1) is 0 Å². The fraction of sp³-hybridized carbons (Fsp3) is 0.214. The molecular weight excluding hydrogens is 344 g/mol. The monoisotopic (exact) mass is 356 g/mol. The highest BCUT2D eigenvalue weighted by atomic mass is 35.5. The molecule has 3 rings (SSSR count). The molecule has 0 radical (unpaired) electrons. The molecule has 5 nitrogen and oxygen atoms in total. The molecule has 8 heteroatoms. The first-order valence-electron chi connectivity index (χ1n) is 6.65. The molecule has 0 saturated heterocycles. The molecule has 1 amide bonds. The summed E-state index contributed by atoms with van der Waals surface area (Å²) < 4.78 is 24.1. The van der Waals surface area contributed by atoms with Gasteiger partial charge in [-0.15, -0.1) is 16.2 Å². The molecule has 1 aromatic carbocycles. The van der Waals surface area contributed by atoms with Crippen LogP contribution >= 0.6 is 22.9 Å². The fourth-order valence-electron chi connectivity index (χ4n) is 2.29. The zero-order valence-corrected chi connectivity index (χ0v) is 13.8. The summed E-state index contributed by atoms with van der Waals surface area (Å²) >= 11 is 7.14. The second kappa shape index (κ2) is 6.00. The molecule has 0 unspecified atom stereocenters. The maximum absolute atomic E-state index is 12.1. The number of benzene rings is 1. The van der Waals surface area contributed by atoms with E-state index < -0.39 is 15.9 Å². The SMILES string of the molecule is O=C(NNS(=O)(=O)c1ccc(Cl)cc1)c1cc2c(s1)CCC2. The van der Waals surface area contributed by atoms with Gasteiger partial charge in [-0.25, -0.2) is 8.42 Å². The molecule has 0 aliphatic heterocycles. The molecule has 2 aromatic rings. The Labute approximate surface area is 137 Å². The van der Waals surface area contributed by atoms with Gasteiger partial charge in [0.2, 0.25) is 0 Å². The Balaban J connectivity index is 1.68. The number of carbonyl (C=O) groups excluding carboxylic acids is 1. The van der Waals surface area contributed by atoms with Crippen molar-refractivity contribution in [2.75, 3.05) is 0 Å². The first-order chi connectivity index (χ1) is 10.5. The van der Waals surface area contributed by atoms with E-state index in [0.29, 0.717) is 9.90 Å². The van der Waals surface area contributed by atoms with Crippen molar-refractivity contribution in [2.45, 2.75) is 24.2 Å². The van der Waals surface area contributed by atoms with Gasteiger partial charge in [0.05, 0.1) is 9.77 Å². The van der Waals surface area contributed by atoms with Crippen molar-refractivity contribution >= 4 is 38.9 Å². The highest BCUT2D eigenvalue weighted by Gasteiger charge is 2.20. The molecule has 0 fully saturated rings. The maximum Gasteiger partial charge on any atom is 0.276 e. The molecule has 1 aliphatic carbocycles. The summed E-state index contributed by atoms with van der Waals surface area (Å²) in [6.45, 7) is 0. The number of hydrogen-bond acceptors (Lipinski definition) is 4. The minimum atomic E-state index is -3.81. The van der Waals surface area contributed by atoms with Crippen LogP contribution in [0.15, 0.2) is 35.2 Å². The van der Waals surface area contributed by atoms with E-state index in [0.717, 1.165) is 19.3 Å². The number of amides is 1. The number of carbonyl (C=O) groups is 1. The third-order valence-electron chi connectivity index (χ3n) is 3.39. The van der Waals surface area contributed by atoms with Crippen LogP contribution in [0.25, 0.3) is 0 Å². The molecule has 1 heterocycles. The second-order valence-electron chi connectivity index (χ2n) is 4.93. The van der Waals surface area contributed by atoms with Crippen molar-refractivity contribution in [3.05, 3.63) is 50.7 Å². The third kappa shape index (κ3) is 3.17. The highest BCUT2D eigenvalue weighted by Crippen LogP contribution is 2.30. The van der Waals surface area contributed by atoms with E-state index in [-0.39, 0.29) is 4.90 Å². The molecule has 0 atom stereocenters. The maximum atomic E-state index is 12.1. The molecule has 116 valence electrons. The highest BCUT2D eigenvalue weighted by molar-refractivity contribution is 7.89. The number of hydrazine groups is 1. The van der Waals surface area contributed by atoms with Gasteiger partial charge < -0.3 is 0 Å². The summed E-state index contributed by atoms with van der Waals surface area (Å²) in [5.74, 6) is -0.447. The second-order valence-corrected chi connectivity index (χ2v) is 8.18. The first kappa shape index (κ1) is 15.5. The Morgan fingerprint density at radius 3 is 2.59 bits per heavy atom. The van der Waals surface area contributed by atoms with E-state index >= 15 is 0 Å². The summed E-state index contributed by atoms with van der Waals surface area (Å²) in [5.41, 5.74) is 3.43. The average Bonchev–Trinajstić information content (AvgIpc) is 3.06. The van der Waals surface area contributed by atoms with Crippen molar-refractivity contribution in [1.82, 2.24) is 10.3 Å². The molecule has 2 N–H and O–H groups in total. The van der Waals surface area contributed by atoms with Crippen LogP contribution in [0.4, 0.5) is 0 Å². The Bertz CT molecular complexity index is 792. The number of hydrogen-bond donors (Lipinski definition) is 2. The zero-order valence-electron chi connectivity index (χ0n) is 11.4. The third-order valence-corrected chi connectivity index (χ3v) is 6.14. The van der Waals surface area contributed by atoms with E-state index in [4.69, 9.17) is 11.6 Å². The molecule has 0 bridgehead atoms. The molecule has 1 aromatic heterocycles. The van der Waals surface area contributed by atoms with Gasteiger partial charge in [0.25, 0.3) is 15.9 Å². The van der Waals surface area contributed by atoms with Gasteiger partial charge in [0.1, 0.15) is 0 Å². The van der Waals surface area contributed by atoms with Crippen LogP contribution in [0.5, 0.6) is 0 Å². The Morgan fingerprint density at radius 1 is 1.18 bits per heavy atom. The van der Waals surface area contributed by atoms with E-state index in [2.05, 4.69) is 10.3 Å². The number of halogens is 1. The van der Waals surface area contributed by atoms with Crippen LogP contribution in [-0.4, -0.2) is 14.3 Å². The van der Waals surface area contributed by atoms with Crippen molar-refractivity contribution < 1.29 is 13.2 Å². The summed E-state index contributed by atoms with van der Waals surface area (Å²) in [4.78, 5) is 15.9. The van der Waals surface area contributed by atoms with E-state index in [1.165, 1.54) is 46.0 Å². The lowest BCUT2D eigenvalue weighted by Gasteiger charge is -2.07. The topological polar surface area (TPSA) is 75.3 Å². The number of rotatable bonds is 4. The molecule has 1 aliphatic rings. The molecule has 0 spiro atoms. The van der Waals surface area contributed by atoms with Crippen molar-refractivity contribution in [3.8, 4) is 0 Å². The van der Waals surface area contributed by atoms with Gasteiger partial charge in [0, 0.05) is 9.90 Å². The Morgan fingerprint density at radius 2 is 1.91 bits per heavy atom. The Hall–Kier alpha value is -1.41. The molecular formula is C14H13ClN2O3S2. The lowest BCUT2D eigenvalue weighted by Crippen LogP contribution is -2.41. The smallest absolute Gasteiger partial charge is 0.273 e. The fourth-order valence-corrected chi connectivity index (χ4v) is 4.40. The normalized spacial score (nSPS) is 13.9. The van der Waals surface area contributed by atoms with Crippen molar-refractivity contribution in [2.24, 2.45) is 0 Å². The number of aryl methyl sites for hydroxylation is 2. The standard InChI is InChI=1S/C14H13ClN2O3S2/c15-10-4-6-11(7-5-10)22(19,20)17-16-14(18)13-8-9-2-1-3-12(9)21-13/h4-8,17H,1-3H2,(H,16,18). The van der Waals surface area contributed by atoms with Gasteiger partial charge in [-0.1, -0.05) is 11.6 Å². The summed E-state index contributed by atoms with van der Waals surface area (Å²) in [5, 5.41) is 0.441. The predicted molar refractivity (Wildman–Crippen MR) is 85.6 cm³/mol. The summed E-state index contributed by atoms with van der Waals surface area (Å²) in [6, 6.07) is 7.52. The zero-order chi connectivity index (χ0) is 15.7. The van der Waals surface area contributed by atoms with E-state index in [1.807, 2.05) is 6.07 Å². The van der Waals surface area contributed by atoms with Gasteiger partial charge in [-0.3, -0.25) is 10.2 Å². The van der Waals surface area contributed by atoms with Crippen LogP contribution < -0.4 is 10.3 Å². The number of fused-ring (bicyclic) bond motifs is 1. The van der Waals surface area contributed by atoms with E-state index in [1.54, 1.807) is 0 Å². The first-order valence-corrected chi connectivity index (χ1v) is 9.33. The molecule has 22 heavy (non-hydrogen) atoms. The largest absolute Gasteiger partial charge is 0.276 e. The van der Waals surface area contributed by atoms with Gasteiger partial charge >= 0.3 is 0 Å². The van der Waals surface area contributed by atoms with Crippen LogP contribution in [0.1, 0.15) is 26.5 Å². The van der Waals surface area contributed by atoms with Crippen LogP contribution in [0.2, 0.25) is 5.02 Å². The molecule has 0 saturated carbocycles. The van der Waals surface area contributed by atoms with Gasteiger partial charge in [-0.2, -0.15) is 0 Å². The van der Waals surface area contributed by atoms with Gasteiger partial charge in [0.15, 0.2) is 0 Å². The predicted octanol–water partition coefficient (Wildman–Crippen LogP) is 2.51. The Kier molecular flexibility index (Phi) is 4.22. The van der Waals surface area contributed by atoms with Gasteiger partial charge in [-0.05, 0) is 55.2 Å². The van der Waals surface area contributed by atoms with Crippen LogP contribution in [0.3, 0.4) is 0 Å². The lowest BCUT2D eigenvalue weighted by molar-refractivity contribution is 0.0949. The van der Waals surface area contributed by atoms with E-state index in [9.17, 15) is 13.2 Å². The number of thiophene rings is 1. The van der Waals surface area contributed by atoms with Crippen molar-refractivity contribution in [1.29, 1.82) is 0 Å². The minimum Gasteiger partial charge on any atom is -0.273 e. The summed E-state index contributed by atoms with van der Waals surface area (Å²) in [6.07, 6.45) is 3.09. The average molecular weight is 357 g/mol. The van der Waals surface area contributed by atoms with Crippen LogP contribution in [-0.2, 0) is 22.9 Å². The quantitative estimate of drug-likeness (QED) is 0.826.